The van der Waals surface area contributed by atoms with Gasteiger partial charge in [-0.1, -0.05) is 0 Å². The third kappa shape index (κ3) is 3.32. The number of hydrogen-bond acceptors (Lipinski definition) is 3. The molecule has 18 heavy (non-hydrogen) atoms. The molecule has 1 amide bonds. The van der Waals surface area contributed by atoms with Crippen LogP contribution >= 0.6 is 11.3 Å². The Morgan fingerprint density at radius 2 is 2.06 bits per heavy atom. The summed E-state index contributed by atoms with van der Waals surface area (Å²) < 4.78 is 0. The van der Waals surface area contributed by atoms with Crippen LogP contribution in [0.1, 0.15) is 36.0 Å². The first-order valence-corrected chi connectivity index (χ1v) is 7.14. The van der Waals surface area contributed by atoms with Crippen molar-refractivity contribution in [1.82, 2.24) is 5.32 Å². The van der Waals surface area contributed by atoms with E-state index in [0.29, 0.717) is 18.0 Å². The lowest BCUT2D eigenvalue weighted by atomic mass is 9.82. The van der Waals surface area contributed by atoms with E-state index >= 15 is 0 Å². The van der Waals surface area contributed by atoms with Crippen molar-refractivity contribution in [3.8, 4) is 0 Å². The van der Waals surface area contributed by atoms with Crippen LogP contribution in [0.5, 0.6) is 0 Å². The molecular weight excluding hydrogens is 250 g/mol. The molecule has 1 aliphatic rings. The van der Waals surface area contributed by atoms with Crippen molar-refractivity contribution in [1.29, 1.82) is 0 Å². The maximum absolute atomic E-state index is 11.7. The average molecular weight is 267 g/mol. The first-order chi connectivity index (χ1) is 8.66. The van der Waals surface area contributed by atoms with Crippen molar-refractivity contribution in [3.63, 3.8) is 0 Å². The summed E-state index contributed by atoms with van der Waals surface area (Å²) in [5.41, 5.74) is 0.708. The number of rotatable bonds is 4. The van der Waals surface area contributed by atoms with Crippen LogP contribution in [0.3, 0.4) is 0 Å². The minimum atomic E-state index is -0.684. The molecule has 0 saturated heterocycles. The molecule has 0 radical (unpaired) electrons. The molecule has 0 aromatic carbocycles. The van der Waals surface area contributed by atoms with Crippen LogP contribution in [0.15, 0.2) is 16.8 Å². The highest BCUT2D eigenvalue weighted by molar-refractivity contribution is 7.08. The molecule has 2 rings (SSSR count). The summed E-state index contributed by atoms with van der Waals surface area (Å²) in [7, 11) is 0. The maximum Gasteiger partial charge on any atom is 0.306 e. The fraction of sp³-hybridized carbons (Fsp3) is 0.538. The smallest absolute Gasteiger partial charge is 0.306 e. The van der Waals surface area contributed by atoms with Gasteiger partial charge in [0.25, 0.3) is 5.91 Å². The van der Waals surface area contributed by atoms with Crippen molar-refractivity contribution >= 4 is 23.2 Å². The summed E-state index contributed by atoms with van der Waals surface area (Å²) in [4.78, 5) is 22.5. The molecule has 4 nitrogen and oxygen atoms in total. The molecule has 0 atom stereocenters. The van der Waals surface area contributed by atoms with E-state index in [1.807, 2.05) is 10.8 Å². The summed E-state index contributed by atoms with van der Waals surface area (Å²) >= 11 is 1.51. The SMILES string of the molecule is O=C(NCC1CCC(C(=O)O)CC1)c1ccsc1. The summed E-state index contributed by atoms with van der Waals surface area (Å²) in [6, 6.07) is 1.81. The largest absolute Gasteiger partial charge is 0.481 e. The Bertz CT molecular complexity index is 408. The highest BCUT2D eigenvalue weighted by Crippen LogP contribution is 2.28. The number of aliphatic carboxylic acids is 1. The quantitative estimate of drug-likeness (QED) is 0.880. The van der Waals surface area contributed by atoms with Gasteiger partial charge in [0.2, 0.25) is 0 Å². The molecule has 1 aromatic rings. The number of carbonyl (C=O) groups is 2. The molecule has 0 aliphatic heterocycles. The van der Waals surface area contributed by atoms with Crippen LogP contribution in [0.4, 0.5) is 0 Å². The van der Waals surface area contributed by atoms with Crippen molar-refractivity contribution < 1.29 is 14.7 Å². The predicted molar refractivity (Wildman–Crippen MR) is 69.7 cm³/mol. The van der Waals surface area contributed by atoms with Gasteiger partial charge in [0, 0.05) is 17.5 Å². The van der Waals surface area contributed by atoms with Crippen LogP contribution in [0.2, 0.25) is 0 Å². The van der Waals surface area contributed by atoms with Crippen LogP contribution in [0, 0.1) is 11.8 Å². The molecule has 1 aromatic heterocycles. The predicted octanol–water partition coefficient (Wildman–Crippen LogP) is 2.37. The lowest BCUT2D eigenvalue weighted by Gasteiger charge is -2.26. The molecule has 0 bridgehead atoms. The fourth-order valence-corrected chi connectivity index (χ4v) is 2.98. The van der Waals surface area contributed by atoms with Crippen LogP contribution in [0.25, 0.3) is 0 Å². The van der Waals surface area contributed by atoms with Crippen LogP contribution < -0.4 is 5.32 Å². The van der Waals surface area contributed by atoms with E-state index < -0.39 is 5.97 Å². The van der Waals surface area contributed by atoms with Crippen LogP contribution in [-0.4, -0.2) is 23.5 Å². The molecule has 2 N–H and O–H groups in total. The molecule has 1 aliphatic carbocycles. The topological polar surface area (TPSA) is 66.4 Å². The van der Waals surface area contributed by atoms with Gasteiger partial charge >= 0.3 is 5.97 Å². The van der Waals surface area contributed by atoms with Crippen molar-refractivity contribution in [3.05, 3.63) is 22.4 Å². The van der Waals surface area contributed by atoms with E-state index in [-0.39, 0.29) is 11.8 Å². The second-order valence-corrected chi connectivity index (χ2v) is 5.56. The molecule has 0 spiro atoms. The second-order valence-electron chi connectivity index (χ2n) is 4.78. The second kappa shape index (κ2) is 6.00. The highest BCUT2D eigenvalue weighted by atomic mass is 32.1. The first-order valence-electron chi connectivity index (χ1n) is 6.20. The zero-order valence-electron chi connectivity index (χ0n) is 10.1. The zero-order valence-corrected chi connectivity index (χ0v) is 10.9. The molecule has 1 fully saturated rings. The van der Waals surface area contributed by atoms with Gasteiger partial charge in [-0.25, -0.2) is 0 Å². The van der Waals surface area contributed by atoms with E-state index in [9.17, 15) is 9.59 Å². The summed E-state index contributed by atoms with van der Waals surface area (Å²) in [6.45, 7) is 0.654. The Morgan fingerprint density at radius 1 is 1.33 bits per heavy atom. The summed E-state index contributed by atoms with van der Waals surface area (Å²) in [5, 5.41) is 15.5. The van der Waals surface area contributed by atoms with Gasteiger partial charge in [-0.2, -0.15) is 11.3 Å². The standard InChI is InChI=1S/C13H17NO3S/c15-12(11-5-6-18-8-11)14-7-9-1-3-10(4-2-9)13(16)17/h5-6,8-10H,1-4,7H2,(H,14,15)(H,16,17). The van der Waals surface area contributed by atoms with Crippen LogP contribution in [-0.2, 0) is 4.79 Å². The Morgan fingerprint density at radius 3 is 2.61 bits per heavy atom. The van der Waals surface area contributed by atoms with Gasteiger partial charge in [0.1, 0.15) is 0 Å². The molecule has 0 unspecified atom stereocenters. The van der Waals surface area contributed by atoms with Gasteiger partial charge in [0.05, 0.1) is 5.92 Å². The van der Waals surface area contributed by atoms with Gasteiger partial charge in [-0.15, -0.1) is 0 Å². The fourth-order valence-electron chi connectivity index (χ4n) is 2.35. The van der Waals surface area contributed by atoms with Gasteiger partial charge in [0.15, 0.2) is 0 Å². The molecule has 5 heteroatoms. The van der Waals surface area contributed by atoms with E-state index in [1.54, 1.807) is 6.07 Å². The number of carboxylic acid groups (broad SMARTS) is 1. The Kier molecular flexibility index (Phi) is 4.36. The lowest BCUT2D eigenvalue weighted by molar-refractivity contribution is -0.143. The average Bonchev–Trinajstić information content (AvgIpc) is 2.90. The Hall–Kier alpha value is -1.36. The third-order valence-corrected chi connectivity index (χ3v) is 4.21. The normalized spacial score (nSPS) is 23.6. The molecular formula is C13H17NO3S. The van der Waals surface area contributed by atoms with Crippen molar-refractivity contribution in [2.45, 2.75) is 25.7 Å². The Labute approximate surface area is 110 Å². The van der Waals surface area contributed by atoms with E-state index in [2.05, 4.69) is 5.32 Å². The minimum Gasteiger partial charge on any atom is -0.481 e. The number of carbonyl (C=O) groups excluding carboxylic acids is 1. The number of hydrogen-bond donors (Lipinski definition) is 2. The van der Waals surface area contributed by atoms with E-state index in [0.717, 1.165) is 25.7 Å². The Balaban J connectivity index is 1.72. The number of amides is 1. The van der Waals surface area contributed by atoms with Gasteiger partial charge < -0.3 is 10.4 Å². The van der Waals surface area contributed by atoms with Crippen molar-refractivity contribution in [2.75, 3.05) is 6.54 Å². The zero-order chi connectivity index (χ0) is 13.0. The van der Waals surface area contributed by atoms with Crippen molar-refractivity contribution in [2.24, 2.45) is 11.8 Å². The van der Waals surface area contributed by atoms with E-state index in [4.69, 9.17) is 5.11 Å². The van der Waals surface area contributed by atoms with E-state index in [1.165, 1.54) is 11.3 Å². The molecule has 1 heterocycles. The summed E-state index contributed by atoms with van der Waals surface area (Å²) in [6.07, 6.45) is 3.24. The van der Waals surface area contributed by atoms with Gasteiger partial charge in [-0.05, 0) is 43.0 Å². The molecule has 98 valence electrons. The monoisotopic (exact) mass is 267 g/mol. The third-order valence-electron chi connectivity index (χ3n) is 3.53. The number of nitrogens with one attached hydrogen (secondary N) is 1. The first kappa shape index (κ1) is 13.1. The summed E-state index contributed by atoms with van der Waals surface area (Å²) in [5.74, 6) is -0.482. The minimum absolute atomic E-state index is 0.0309. The number of carboxylic acids is 1. The maximum atomic E-state index is 11.7. The number of thiophene rings is 1. The van der Waals surface area contributed by atoms with Gasteiger partial charge in [-0.3, -0.25) is 9.59 Å². The molecule has 1 saturated carbocycles. The lowest BCUT2D eigenvalue weighted by Crippen LogP contribution is -2.32. The highest BCUT2D eigenvalue weighted by Gasteiger charge is 2.25.